The summed E-state index contributed by atoms with van der Waals surface area (Å²) in [6.45, 7) is 12.5. The standard InChI is InChI=1S/C44H34/c1-5-9-17-29(8-4)35-27-37-33-21-15-25-41-43(33)42-32(36(37)26-34(35)28(7-3)16-6-2)20-14-24-40(42)44(41)38-22-12-10-18-30(38)31-19-11-13-23-39(31)44/h6-27H,2-3,5H2,1,4H3/b17-9-,28-16+,29-8+. The number of fused-ring (bicyclic) bond motifs is 10. The summed E-state index contributed by atoms with van der Waals surface area (Å²) >= 11 is 0. The Morgan fingerprint density at radius 3 is 1.66 bits per heavy atom. The van der Waals surface area contributed by atoms with Crippen LogP contribution in [0.3, 0.4) is 0 Å². The van der Waals surface area contributed by atoms with Crippen molar-refractivity contribution in [3.63, 3.8) is 0 Å². The van der Waals surface area contributed by atoms with Gasteiger partial charge in [-0.2, -0.15) is 0 Å². The van der Waals surface area contributed by atoms with Gasteiger partial charge in [-0.15, -0.1) is 0 Å². The van der Waals surface area contributed by atoms with Crippen molar-refractivity contribution in [1.82, 2.24) is 0 Å². The van der Waals surface area contributed by atoms with E-state index < -0.39 is 0 Å². The fraction of sp³-hybridized carbons (Fsp3) is 0.0909. The highest BCUT2D eigenvalue weighted by atomic mass is 14.5. The number of allylic oxidation sites excluding steroid dienone is 8. The van der Waals surface area contributed by atoms with Crippen LogP contribution in [0.1, 0.15) is 53.6 Å². The molecule has 0 amide bonds. The van der Waals surface area contributed by atoms with E-state index in [0.29, 0.717) is 0 Å². The Labute approximate surface area is 259 Å². The molecule has 0 aromatic heterocycles. The molecule has 0 N–H and O–H groups in total. The fourth-order valence-corrected chi connectivity index (χ4v) is 8.18. The molecular weight excluding hydrogens is 528 g/mol. The molecule has 210 valence electrons. The number of hydrogen-bond donors (Lipinski definition) is 0. The van der Waals surface area contributed by atoms with Gasteiger partial charge < -0.3 is 0 Å². The van der Waals surface area contributed by atoms with Gasteiger partial charge in [0, 0.05) is 0 Å². The Bertz CT molecular complexity index is 2250. The van der Waals surface area contributed by atoms with E-state index in [2.05, 4.69) is 148 Å². The highest BCUT2D eigenvalue weighted by Crippen LogP contribution is 2.63. The topological polar surface area (TPSA) is 0 Å². The second kappa shape index (κ2) is 9.93. The molecule has 8 rings (SSSR count). The molecule has 0 aliphatic heterocycles. The first-order valence-corrected chi connectivity index (χ1v) is 15.6. The lowest BCUT2D eigenvalue weighted by Gasteiger charge is -2.30. The summed E-state index contributed by atoms with van der Waals surface area (Å²) in [5.41, 5.74) is 12.5. The zero-order valence-corrected chi connectivity index (χ0v) is 25.3. The van der Waals surface area contributed by atoms with Crippen molar-refractivity contribution in [2.75, 3.05) is 0 Å². The van der Waals surface area contributed by atoms with E-state index in [0.717, 1.165) is 12.0 Å². The van der Waals surface area contributed by atoms with E-state index >= 15 is 0 Å². The van der Waals surface area contributed by atoms with Gasteiger partial charge in [0.05, 0.1) is 5.41 Å². The quantitative estimate of drug-likeness (QED) is 0.140. The minimum atomic E-state index is -0.342. The Morgan fingerprint density at radius 2 is 1.16 bits per heavy atom. The van der Waals surface area contributed by atoms with Crippen LogP contribution in [0.15, 0.2) is 147 Å². The molecule has 2 aliphatic carbocycles. The lowest BCUT2D eigenvalue weighted by molar-refractivity contribution is 0.797. The van der Waals surface area contributed by atoms with Gasteiger partial charge in [0.25, 0.3) is 0 Å². The Hall–Kier alpha value is -5.20. The first kappa shape index (κ1) is 26.4. The maximum absolute atomic E-state index is 4.20. The average molecular weight is 563 g/mol. The number of benzene rings is 6. The van der Waals surface area contributed by atoms with Crippen molar-refractivity contribution in [3.8, 4) is 11.1 Å². The lowest BCUT2D eigenvalue weighted by Crippen LogP contribution is -2.25. The maximum atomic E-state index is 4.20. The van der Waals surface area contributed by atoms with Crippen LogP contribution in [0.25, 0.3) is 54.6 Å². The molecule has 0 heterocycles. The zero-order valence-electron chi connectivity index (χ0n) is 25.3. The minimum absolute atomic E-state index is 0.342. The van der Waals surface area contributed by atoms with Crippen LogP contribution in [0.2, 0.25) is 0 Å². The van der Waals surface area contributed by atoms with Crippen LogP contribution in [-0.4, -0.2) is 0 Å². The maximum Gasteiger partial charge on any atom is 0.0725 e. The molecule has 0 bridgehead atoms. The van der Waals surface area contributed by atoms with Gasteiger partial charge in [0.15, 0.2) is 0 Å². The zero-order chi connectivity index (χ0) is 30.0. The van der Waals surface area contributed by atoms with Gasteiger partial charge in [0.2, 0.25) is 0 Å². The molecule has 0 saturated heterocycles. The van der Waals surface area contributed by atoms with Crippen molar-refractivity contribution in [2.45, 2.75) is 25.7 Å². The summed E-state index contributed by atoms with van der Waals surface area (Å²) in [4.78, 5) is 0. The van der Waals surface area contributed by atoms with Crippen LogP contribution in [0.4, 0.5) is 0 Å². The first-order chi connectivity index (χ1) is 21.7. The summed E-state index contributed by atoms with van der Waals surface area (Å²) in [5, 5.41) is 7.93. The summed E-state index contributed by atoms with van der Waals surface area (Å²) in [6.07, 6.45) is 13.6. The highest BCUT2D eigenvalue weighted by molar-refractivity contribution is 6.30. The first-order valence-electron chi connectivity index (χ1n) is 15.6. The summed E-state index contributed by atoms with van der Waals surface area (Å²) in [6, 6.07) is 36.8. The van der Waals surface area contributed by atoms with Crippen LogP contribution >= 0.6 is 0 Å². The van der Waals surface area contributed by atoms with Gasteiger partial charge >= 0.3 is 0 Å². The normalized spacial score (nSPS) is 14.8. The predicted octanol–water partition coefficient (Wildman–Crippen LogP) is 11.9. The van der Waals surface area contributed by atoms with Gasteiger partial charge in [-0.25, -0.2) is 0 Å². The van der Waals surface area contributed by atoms with Crippen molar-refractivity contribution in [1.29, 1.82) is 0 Å². The Balaban J connectivity index is 1.58. The van der Waals surface area contributed by atoms with E-state index in [4.69, 9.17) is 0 Å². The van der Waals surface area contributed by atoms with Crippen LogP contribution in [-0.2, 0) is 5.41 Å². The molecule has 1 spiro atoms. The van der Waals surface area contributed by atoms with E-state index in [9.17, 15) is 0 Å². The molecular formula is C44H34. The second-order valence-corrected chi connectivity index (χ2v) is 11.9. The fourth-order valence-electron chi connectivity index (χ4n) is 8.18. The minimum Gasteiger partial charge on any atom is -0.0990 e. The molecule has 0 fully saturated rings. The average Bonchev–Trinajstić information content (AvgIpc) is 3.55. The SMILES string of the molecule is C=C/C=C(\C=C)c1cc2c(cc1C(/C=C\CC)=C/C)c1cccc3c1c1c(cccc21)C31c2ccccc2-c2ccccc21. The number of rotatable bonds is 6. The van der Waals surface area contributed by atoms with Crippen molar-refractivity contribution >= 4 is 43.5 Å². The van der Waals surface area contributed by atoms with E-state index in [-0.39, 0.29) is 5.41 Å². The smallest absolute Gasteiger partial charge is 0.0725 e. The third-order valence-electron chi connectivity index (χ3n) is 9.86. The molecule has 44 heavy (non-hydrogen) atoms. The molecule has 0 radical (unpaired) electrons. The predicted molar refractivity (Wildman–Crippen MR) is 191 cm³/mol. The van der Waals surface area contributed by atoms with Gasteiger partial charge in [-0.3, -0.25) is 0 Å². The third-order valence-corrected chi connectivity index (χ3v) is 9.86. The molecule has 0 nitrogen and oxygen atoms in total. The van der Waals surface area contributed by atoms with Crippen molar-refractivity contribution in [2.24, 2.45) is 0 Å². The summed E-state index contributed by atoms with van der Waals surface area (Å²) in [5.74, 6) is 0. The lowest BCUT2D eigenvalue weighted by atomic mass is 9.70. The molecule has 0 saturated carbocycles. The Morgan fingerprint density at radius 1 is 0.636 bits per heavy atom. The molecule has 0 heteroatoms. The third kappa shape index (κ3) is 3.29. The monoisotopic (exact) mass is 562 g/mol. The highest BCUT2D eigenvalue weighted by Gasteiger charge is 2.50. The molecule has 0 unspecified atom stereocenters. The van der Waals surface area contributed by atoms with Crippen molar-refractivity contribution < 1.29 is 0 Å². The Kier molecular flexibility index (Phi) is 5.96. The largest absolute Gasteiger partial charge is 0.0990 e. The van der Waals surface area contributed by atoms with Crippen LogP contribution in [0.5, 0.6) is 0 Å². The number of hydrogen-bond acceptors (Lipinski definition) is 0. The van der Waals surface area contributed by atoms with E-state index in [1.165, 1.54) is 82.4 Å². The van der Waals surface area contributed by atoms with Crippen LogP contribution < -0.4 is 0 Å². The van der Waals surface area contributed by atoms with Crippen LogP contribution in [0, 0.1) is 0 Å². The molecule has 6 aromatic rings. The van der Waals surface area contributed by atoms with E-state index in [1.54, 1.807) is 0 Å². The van der Waals surface area contributed by atoms with Gasteiger partial charge in [-0.1, -0.05) is 141 Å². The van der Waals surface area contributed by atoms with E-state index in [1.807, 2.05) is 12.2 Å². The summed E-state index contributed by atoms with van der Waals surface area (Å²) < 4.78 is 0. The molecule has 0 atom stereocenters. The van der Waals surface area contributed by atoms with Crippen molar-refractivity contribution in [3.05, 3.63) is 180 Å². The van der Waals surface area contributed by atoms with Gasteiger partial charge in [-0.05, 0) is 113 Å². The second-order valence-electron chi connectivity index (χ2n) is 11.9. The molecule has 2 aliphatic rings. The molecule has 6 aromatic carbocycles. The summed E-state index contributed by atoms with van der Waals surface area (Å²) in [7, 11) is 0. The van der Waals surface area contributed by atoms with Gasteiger partial charge in [0.1, 0.15) is 0 Å².